The van der Waals surface area contributed by atoms with Gasteiger partial charge >= 0.3 is 0 Å². The predicted octanol–water partition coefficient (Wildman–Crippen LogP) is 3.80. The zero-order chi connectivity index (χ0) is 19.7. The second-order valence-corrected chi connectivity index (χ2v) is 7.06. The summed E-state index contributed by atoms with van der Waals surface area (Å²) in [7, 11) is 6.56. The maximum Gasteiger partial charge on any atom is 0.161 e. The summed E-state index contributed by atoms with van der Waals surface area (Å²) in [6, 6.07) is 11.9. The smallest absolute Gasteiger partial charge is 0.161 e. The van der Waals surface area contributed by atoms with Crippen LogP contribution in [0.15, 0.2) is 36.4 Å². The Morgan fingerprint density at radius 3 is 1.36 bits per heavy atom. The number of benzene rings is 2. The van der Waals surface area contributed by atoms with Gasteiger partial charge in [-0.25, -0.2) is 0 Å². The van der Waals surface area contributed by atoms with Gasteiger partial charge in [0.2, 0.25) is 0 Å². The summed E-state index contributed by atoms with van der Waals surface area (Å²) >= 11 is 0. The molecule has 0 aromatic heterocycles. The van der Waals surface area contributed by atoms with Gasteiger partial charge in [0.15, 0.2) is 23.0 Å². The largest absolute Gasteiger partial charge is 0.493 e. The summed E-state index contributed by atoms with van der Waals surface area (Å²) in [5.41, 5.74) is 2.17. The van der Waals surface area contributed by atoms with Crippen molar-refractivity contribution in [3.8, 4) is 23.0 Å². The second-order valence-electron chi connectivity index (χ2n) is 7.06. The molecule has 4 atom stereocenters. The van der Waals surface area contributed by atoms with Gasteiger partial charge in [-0.3, -0.25) is 0 Å². The van der Waals surface area contributed by atoms with Crippen LogP contribution in [-0.4, -0.2) is 41.7 Å². The molecule has 0 aliphatic carbocycles. The van der Waals surface area contributed by atoms with Crippen LogP contribution in [0.1, 0.15) is 23.3 Å². The van der Waals surface area contributed by atoms with Crippen LogP contribution in [0.2, 0.25) is 0 Å². The van der Waals surface area contributed by atoms with Crippen LogP contribution in [0.3, 0.4) is 0 Å². The topological polar surface area (TPSA) is 55.4 Å². The Morgan fingerprint density at radius 2 is 1.00 bits per heavy atom. The fourth-order valence-electron chi connectivity index (χ4n) is 4.29. The van der Waals surface area contributed by atoms with E-state index in [9.17, 15) is 0 Å². The van der Waals surface area contributed by atoms with Crippen molar-refractivity contribution in [2.75, 3.05) is 41.7 Å². The highest BCUT2D eigenvalue weighted by molar-refractivity contribution is 5.45. The molecule has 4 rings (SSSR count). The minimum absolute atomic E-state index is 0.0186. The summed E-state index contributed by atoms with van der Waals surface area (Å²) in [6.07, 6.45) is -0.0371. The molecule has 2 unspecified atom stereocenters. The first-order valence-corrected chi connectivity index (χ1v) is 9.37. The van der Waals surface area contributed by atoms with E-state index in [2.05, 4.69) is 0 Å². The molecule has 2 aliphatic heterocycles. The van der Waals surface area contributed by atoms with Gasteiger partial charge in [-0.05, 0) is 35.4 Å². The summed E-state index contributed by atoms with van der Waals surface area (Å²) in [5, 5.41) is 0. The number of hydrogen-bond donors (Lipinski definition) is 0. The second kappa shape index (κ2) is 7.89. The molecule has 2 aromatic rings. The Labute approximate surface area is 165 Å². The van der Waals surface area contributed by atoms with E-state index in [1.54, 1.807) is 28.4 Å². The van der Waals surface area contributed by atoms with E-state index in [1.807, 2.05) is 36.4 Å². The fraction of sp³-hybridized carbons (Fsp3) is 0.455. The molecule has 0 amide bonds. The molecule has 2 saturated heterocycles. The van der Waals surface area contributed by atoms with Gasteiger partial charge in [0.25, 0.3) is 0 Å². The van der Waals surface area contributed by atoms with Crippen LogP contribution < -0.4 is 18.9 Å². The molecule has 0 bridgehead atoms. The van der Waals surface area contributed by atoms with Gasteiger partial charge in [-0.1, -0.05) is 12.1 Å². The number of fused-ring (bicyclic) bond motifs is 1. The predicted molar refractivity (Wildman–Crippen MR) is 103 cm³/mol. The molecule has 2 fully saturated rings. The lowest BCUT2D eigenvalue weighted by atomic mass is 9.85. The number of rotatable bonds is 6. The van der Waals surface area contributed by atoms with Crippen molar-refractivity contribution < 1.29 is 28.4 Å². The van der Waals surface area contributed by atoms with E-state index in [0.29, 0.717) is 36.2 Å². The lowest BCUT2D eigenvalue weighted by Crippen LogP contribution is -2.14. The Bertz CT molecular complexity index is 766. The van der Waals surface area contributed by atoms with Crippen LogP contribution >= 0.6 is 0 Å². The Hall–Kier alpha value is -2.44. The number of methoxy groups -OCH3 is 4. The molecule has 28 heavy (non-hydrogen) atoms. The van der Waals surface area contributed by atoms with E-state index in [0.717, 1.165) is 11.1 Å². The highest BCUT2D eigenvalue weighted by Gasteiger charge is 2.48. The van der Waals surface area contributed by atoms with Crippen molar-refractivity contribution in [3.63, 3.8) is 0 Å². The first kappa shape index (κ1) is 18.9. The highest BCUT2D eigenvalue weighted by atomic mass is 16.5. The number of hydrogen-bond acceptors (Lipinski definition) is 6. The van der Waals surface area contributed by atoms with E-state index < -0.39 is 0 Å². The first-order valence-electron chi connectivity index (χ1n) is 9.37. The van der Waals surface area contributed by atoms with Crippen LogP contribution in [0.25, 0.3) is 0 Å². The molecule has 150 valence electrons. The quantitative estimate of drug-likeness (QED) is 0.753. The third-order valence-electron chi connectivity index (χ3n) is 5.74. The molecule has 2 aromatic carbocycles. The molecule has 0 radical (unpaired) electrons. The van der Waals surface area contributed by atoms with Crippen molar-refractivity contribution in [3.05, 3.63) is 47.5 Å². The molecule has 2 aliphatic rings. The zero-order valence-electron chi connectivity index (χ0n) is 16.6. The van der Waals surface area contributed by atoms with Crippen molar-refractivity contribution in [2.24, 2.45) is 11.8 Å². The molecule has 6 nitrogen and oxygen atoms in total. The van der Waals surface area contributed by atoms with E-state index in [-0.39, 0.29) is 24.0 Å². The van der Waals surface area contributed by atoms with Gasteiger partial charge in [-0.2, -0.15) is 0 Å². The molecule has 2 heterocycles. The normalized spacial score (nSPS) is 26.0. The van der Waals surface area contributed by atoms with Crippen molar-refractivity contribution in [2.45, 2.75) is 12.2 Å². The monoisotopic (exact) mass is 386 g/mol. The minimum atomic E-state index is -0.0186. The summed E-state index contributed by atoms with van der Waals surface area (Å²) in [4.78, 5) is 0. The Balaban J connectivity index is 1.57. The molecule has 6 heteroatoms. The summed E-state index contributed by atoms with van der Waals surface area (Å²) in [5.74, 6) is 3.43. The lowest BCUT2D eigenvalue weighted by molar-refractivity contribution is 0.0191. The van der Waals surface area contributed by atoms with Gasteiger partial charge in [0.05, 0.1) is 53.9 Å². The van der Waals surface area contributed by atoms with Crippen LogP contribution in [0.5, 0.6) is 23.0 Å². The Kier molecular flexibility index (Phi) is 5.33. The third-order valence-corrected chi connectivity index (χ3v) is 5.74. The Morgan fingerprint density at radius 1 is 0.607 bits per heavy atom. The van der Waals surface area contributed by atoms with E-state index in [4.69, 9.17) is 28.4 Å². The third kappa shape index (κ3) is 3.16. The zero-order valence-corrected chi connectivity index (χ0v) is 16.6. The minimum Gasteiger partial charge on any atom is -0.493 e. The molecule has 0 spiro atoms. The van der Waals surface area contributed by atoms with Gasteiger partial charge in [0, 0.05) is 11.8 Å². The summed E-state index contributed by atoms with van der Waals surface area (Å²) in [6.45, 7) is 1.31. The van der Waals surface area contributed by atoms with Gasteiger partial charge < -0.3 is 28.4 Å². The average Bonchev–Trinajstić information content (AvgIpc) is 3.35. The number of ether oxygens (including phenoxy) is 6. The average molecular weight is 386 g/mol. The molecular weight excluding hydrogens is 360 g/mol. The molecule has 0 N–H and O–H groups in total. The lowest BCUT2D eigenvalue weighted by Gasteiger charge is -2.18. The first-order chi connectivity index (χ1) is 13.7. The van der Waals surface area contributed by atoms with Crippen molar-refractivity contribution in [1.29, 1.82) is 0 Å². The van der Waals surface area contributed by atoms with Crippen LogP contribution in [0, 0.1) is 11.8 Å². The van der Waals surface area contributed by atoms with E-state index >= 15 is 0 Å². The van der Waals surface area contributed by atoms with Crippen molar-refractivity contribution >= 4 is 0 Å². The highest BCUT2D eigenvalue weighted by Crippen LogP contribution is 2.51. The molecule has 0 saturated carbocycles. The van der Waals surface area contributed by atoms with E-state index in [1.165, 1.54) is 0 Å². The fourth-order valence-corrected chi connectivity index (χ4v) is 4.29. The summed E-state index contributed by atoms with van der Waals surface area (Å²) < 4.78 is 34.0. The van der Waals surface area contributed by atoms with Gasteiger partial charge in [0.1, 0.15) is 0 Å². The SMILES string of the molecule is COc1ccc(C2OC[C@H]3C(c4ccc(OC)c(OC)c4)OC[C@@H]23)cc1OC. The standard InChI is InChI=1S/C22H26O6/c1-23-17-7-5-13(9-19(17)25-3)21-15-11-28-22(16(15)12-27-21)14-6-8-18(24-2)20(10-14)26-4/h5-10,15-16,21-22H,11-12H2,1-4H3/t15-,16-,21?,22?/m1/s1. The van der Waals surface area contributed by atoms with Gasteiger partial charge in [-0.15, -0.1) is 0 Å². The maximum absolute atomic E-state index is 6.20. The van der Waals surface area contributed by atoms with Crippen LogP contribution in [0.4, 0.5) is 0 Å². The van der Waals surface area contributed by atoms with Crippen molar-refractivity contribution in [1.82, 2.24) is 0 Å². The molecular formula is C22H26O6. The van der Waals surface area contributed by atoms with Crippen LogP contribution in [-0.2, 0) is 9.47 Å². The maximum atomic E-state index is 6.20.